The van der Waals surface area contributed by atoms with Crippen LogP contribution in [0.4, 0.5) is 0 Å². The van der Waals surface area contributed by atoms with Crippen molar-refractivity contribution >= 4 is 5.91 Å². The Morgan fingerprint density at radius 3 is 2.38 bits per heavy atom. The largest absolute Gasteiger partial charge is 0.423 e. The van der Waals surface area contributed by atoms with Crippen LogP contribution >= 0.6 is 0 Å². The zero-order valence-corrected chi connectivity index (χ0v) is 12.9. The molecule has 0 aliphatic heterocycles. The second-order valence-corrected chi connectivity index (χ2v) is 5.68. The van der Waals surface area contributed by atoms with E-state index in [0.29, 0.717) is 23.3 Å². The van der Waals surface area contributed by atoms with E-state index in [1.54, 1.807) is 6.92 Å². The molecule has 1 N–H and O–H groups in total. The summed E-state index contributed by atoms with van der Waals surface area (Å²) in [6.07, 6.45) is 0.749. The molecule has 0 radical (unpaired) electrons. The molecule has 0 fully saturated rings. The summed E-state index contributed by atoms with van der Waals surface area (Å²) >= 11 is 0. The Hall–Kier alpha value is -2.17. The second-order valence-electron chi connectivity index (χ2n) is 5.68. The SMILES string of the molecule is Cc1ccc(C(=O)NC(CC(C)C)c2nnc(C)o2)cc1. The van der Waals surface area contributed by atoms with Crippen LogP contribution in [0.25, 0.3) is 0 Å². The van der Waals surface area contributed by atoms with Crippen molar-refractivity contribution in [2.24, 2.45) is 5.92 Å². The van der Waals surface area contributed by atoms with Crippen molar-refractivity contribution in [3.05, 3.63) is 47.2 Å². The first-order valence-electron chi connectivity index (χ1n) is 7.13. The Morgan fingerprint density at radius 2 is 1.86 bits per heavy atom. The van der Waals surface area contributed by atoms with Crippen molar-refractivity contribution in [2.75, 3.05) is 0 Å². The minimum absolute atomic E-state index is 0.128. The zero-order chi connectivity index (χ0) is 15.4. The van der Waals surface area contributed by atoms with Crippen LogP contribution in [0.2, 0.25) is 0 Å². The lowest BCUT2D eigenvalue weighted by Crippen LogP contribution is -2.29. The van der Waals surface area contributed by atoms with Gasteiger partial charge in [-0.3, -0.25) is 4.79 Å². The highest BCUT2D eigenvalue weighted by Crippen LogP contribution is 2.20. The van der Waals surface area contributed by atoms with Crippen LogP contribution in [-0.2, 0) is 0 Å². The number of benzene rings is 1. The minimum atomic E-state index is -0.264. The maximum Gasteiger partial charge on any atom is 0.251 e. The fraction of sp³-hybridized carbons (Fsp3) is 0.438. The van der Waals surface area contributed by atoms with Crippen molar-refractivity contribution in [3.8, 4) is 0 Å². The zero-order valence-electron chi connectivity index (χ0n) is 12.9. The fourth-order valence-corrected chi connectivity index (χ4v) is 2.09. The number of hydrogen-bond donors (Lipinski definition) is 1. The monoisotopic (exact) mass is 287 g/mol. The van der Waals surface area contributed by atoms with Crippen LogP contribution in [0.15, 0.2) is 28.7 Å². The average molecular weight is 287 g/mol. The molecule has 1 amide bonds. The molecule has 5 heteroatoms. The number of hydrogen-bond acceptors (Lipinski definition) is 4. The van der Waals surface area contributed by atoms with E-state index in [1.807, 2.05) is 31.2 Å². The third kappa shape index (κ3) is 4.15. The maximum atomic E-state index is 12.3. The molecule has 0 saturated carbocycles. The number of amides is 1. The summed E-state index contributed by atoms with van der Waals surface area (Å²) in [5.41, 5.74) is 1.75. The molecule has 0 bridgehead atoms. The second kappa shape index (κ2) is 6.52. The normalized spacial score (nSPS) is 12.4. The van der Waals surface area contributed by atoms with Gasteiger partial charge in [0.15, 0.2) is 0 Å². The molecule has 0 aliphatic rings. The first-order valence-corrected chi connectivity index (χ1v) is 7.13. The summed E-state index contributed by atoms with van der Waals surface area (Å²) in [5.74, 6) is 1.24. The van der Waals surface area contributed by atoms with Gasteiger partial charge < -0.3 is 9.73 Å². The molecule has 2 aromatic rings. The number of rotatable bonds is 5. The number of nitrogens with one attached hydrogen (secondary N) is 1. The maximum absolute atomic E-state index is 12.3. The summed E-state index contributed by atoms with van der Waals surface area (Å²) in [6, 6.07) is 7.21. The first kappa shape index (κ1) is 15.2. The molecular formula is C16H21N3O2. The molecular weight excluding hydrogens is 266 g/mol. The van der Waals surface area contributed by atoms with Crippen LogP contribution < -0.4 is 5.32 Å². The number of nitrogens with zero attached hydrogens (tertiary/aromatic N) is 2. The van der Waals surface area contributed by atoms with Gasteiger partial charge in [-0.2, -0.15) is 0 Å². The molecule has 5 nitrogen and oxygen atoms in total. The number of aromatic nitrogens is 2. The molecule has 21 heavy (non-hydrogen) atoms. The van der Waals surface area contributed by atoms with E-state index >= 15 is 0 Å². The third-order valence-electron chi connectivity index (χ3n) is 3.17. The van der Waals surface area contributed by atoms with Crippen molar-refractivity contribution in [1.82, 2.24) is 15.5 Å². The molecule has 1 aromatic heterocycles. The summed E-state index contributed by atoms with van der Waals surface area (Å²) in [4.78, 5) is 12.3. The van der Waals surface area contributed by atoms with Crippen LogP contribution in [0.1, 0.15) is 54.0 Å². The van der Waals surface area contributed by atoms with Crippen LogP contribution in [0.5, 0.6) is 0 Å². The Bertz CT molecular complexity index is 602. The Kier molecular flexibility index (Phi) is 4.73. The van der Waals surface area contributed by atoms with Gasteiger partial charge in [-0.25, -0.2) is 0 Å². The summed E-state index contributed by atoms with van der Waals surface area (Å²) in [5, 5.41) is 10.8. The highest BCUT2D eigenvalue weighted by molar-refractivity contribution is 5.94. The van der Waals surface area contributed by atoms with Gasteiger partial charge in [0.2, 0.25) is 11.8 Å². The summed E-state index contributed by atoms with van der Waals surface area (Å²) in [7, 11) is 0. The minimum Gasteiger partial charge on any atom is -0.423 e. The highest BCUT2D eigenvalue weighted by atomic mass is 16.4. The molecule has 0 saturated heterocycles. The van der Waals surface area contributed by atoms with Crippen molar-refractivity contribution < 1.29 is 9.21 Å². The smallest absolute Gasteiger partial charge is 0.251 e. The molecule has 2 rings (SSSR count). The van der Waals surface area contributed by atoms with Gasteiger partial charge in [-0.05, 0) is 31.4 Å². The standard InChI is InChI=1S/C16H21N3O2/c1-10(2)9-14(16-19-18-12(4)21-16)17-15(20)13-7-5-11(3)6-8-13/h5-8,10,14H,9H2,1-4H3,(H,17,20). The van der Waals surface area contributed by atoms with Crippen LogP contribution in [0.3, 0.4) is 0 Å². The predicted octanol–water partition coefficient (Wildman–Crippen LogP) is 3.20. The predicted molar refractivity (Wildman–Crippen MR) is 79.9 cm³/mol. The van der Waals surface area contributed by atoms with E-state index in [4.69, 9.17) is 4.42 Å². The van der Waals surface area contributed by atoms with Gasteiger partial charge in [-0.15, -0.1) is 10.2 Å². The van der Waals surface area contributed by atoms with E-state index in [-0.39, 0.29) is 11.9 Å². The van der Waals surface area contributed by atoms with Crippen molar-refractivity contribution in [2.45, 2.75) is 40.2 Å². The molecule has 1 aromatic carbocycles. The number of aryl methyl sites for hydroxylation is 2. The third-order valence-corrected chi connectivity index (χ3v) is 3.17. The molecule has 112 valence electrons. The van der Waals surface area contributed by atoms with Crippen molar-refractivity contribution in [3.63, 3.8) is 0 Å². The first-order chi connectivity index (χ1) is 9.95. The Morgan fingerprint density at radius 1 is 1.19 bits per heavy atom. The number of carbonyl (C=O) groups is 1. The molecule has 0 aliphatic carbocycles. The molecule has 1 atom stereocenters. The van der Waals surface area contributed by atoms with Gasteiger partial charge in [0.1, 0.15) is 6.04 Å². The van der Waals surface area contributed by atoms with E-state index in [1.165, 1.54) is 0 Å². The molecule has 1 heterocycles. The lowest BCUT2D eigenvalue weighted by atomic mass is 10.0. The molecule has 0 spiro atoms. The molecule has 1 unspecified atom stereocenters. The van der Waals surface area contributed by atoms with E-state index < -0.39 is 0 Å². The lowest BCUT2D eigenvalue weighted by Gasteiger charge is -2.17. The van der Waals surface area contributed by atoms with Gasteiger partial charge in [-0.1, -0.05) is 31.5 Å². The topological polar surface area (TPSA) is 68.0 Å². The summed E-state index contributed by atoms with van der Waals surface area (Å²) < 4.78 is 5.47. The lowest BCUT2D eigenvalue weighted by molar-refractivity contribution is 0.0924. The Balaban J connectivity index is 2.14. The van der Waals surface area contributed by atoms with Crippen molar-refractivity contribution in [1.29, 1.82) is 0 Å². The van der Waals surface area contributed by atoms with Gasteiger partial charge >= 0.3 is 0 Å². The van der Waals surface area contributed by atoms with E-state index in [0.717, 1.165) is 12.0 Å². The quantitative estimate of drug-likeness (QED) is 0.917. The van der Waals surface area contributed by atoms with E-state index in [2.05, 4.69) is 29.4 Å². The van der Waals surface area contributed by atoms with Gasteiger partial charge in [0.05, 0.1) is 0 Å². The van der Waals surface area contributed by atoms with Crippen LogP contribution in [-0.4, -0.2) is 16.1 Å². The average Bonchev–Trinajstić information content (AvgIpc) is 2.85. The summed E-state index contributed by atoms with van der Waals surface area (Å²) in [6.45, 7) is 7.91. The highest BCUT2D eigenvalue weighted by Gasteiger charge is 2.22. The van der Waals surface area contributed by atoms with Gasteiger partial charge in [0.25, 0.3) is 5.91 Å². The Labute approximate surface area is 124 Å². The van der Waals surface area contributed by atoms with Gasteiger partial charge in [0, 0.05) is 12.5 Å². The van der Waals surface area contributed by atoms with Crippen LogP contribution in [0, 0.1) is 19.8 Å². The van der Waals surface area contributed by atoms with E-state index in [9.17, 15) is 4.79 Å². The fourth-order valence-electron chi connectivity index (χ4n) is 2.09. The number of carbonyl (C=O) groups excluding carboxylic acids is 1.